The summed E-state index contributed by atoms with van der Waals surface area (Å²) in [4.78, 5) is 0. The fourth-order valence-electron chi connectivity index (χ4n) is 1.90. The largest absolute Gasteiger partial charge is 0.278 e. The SMILES string of the molecule is CC(C)c1cc(C(C)C)c2[nH]ncc2c1. The van der Waals surface area contributed by atoms with Gasteiger partial charge in [-0.15, -0.1) is 0 Å². The van der Waals surface area contributed by atoms with Crippen LogP contribution in [-0.4, -0.2) is 10.2 Å². The predicted molar refractivity (Wildman–Crippen MR) is 64.3 cm³/mol. The summed E-state index contributed by atoms with van der Waals surface area (Å²) in [5, 5.41) is 8.43. The Morgan fingerprint density at radius 1 is 1.07 bits per heavy atom. The Kier molecular flexibility index (Phi) is 2.51. The van der Waals surface area contributed by atoms with Crippen LogP contribution in [0.15, 0.2) is 18.3 Å². The normalized spacial score (nSPS) is 11.9. The number of benzene rings is 1. The molecule has 2 aromatic rings. The van der Waals surface area contributed by atoms with Crippen LogP contribution in [0.4, 0.5) is 0 Å². The first-order valence-corrected chi connectivity index (χ1v) is 5.56. The second kappa shape index (κ2) is 3.69. The predicted octanol–water partition coefficient (Wildman–Crippen LogP) is 3.81. The maximum Gasteiger partial charge on any atom is 0.0685 e. The van der Waals surface area contributed by atoms with Crippen molar-refractivity contribution in [2.75, 3.05) is 0 Å². The molecule has 0 unspecified atom stereocenters. The fraction of sp³-hybridized carbons (Fsp3) is 0.462. The molecule has 0 radical (unpaired) electrons. The summed E-state index contributed by atoms with van der Waals surface area (Å²) in [7, 11) is 0. The average molecular weight is 202 g/mol. The molecule has 2 heteroatoms. The first-order chi connectivity index (χ1) is 7.09. The lowest BCUT2D eigenvalue weighted by atomic mass is 9.93. The Morgan fingerprint density at radius 2 is 1.80 bits per heavy atom. The third-order valence-electron chi connectivity index (χ3n) is 2.89. The van der Waals surface area contributed by atoms with Crippen molar-refractivity contribution >= 4 is 10.9 Å². The van der Waals surface area contributed by atoms with Crippen molar-refractivity contribution in [1.82, 2.24) is 10.2 Å². The summed E-state index contributed by atoms with van der Waals surface area (Å²) in [6, 6.07) is 4.53. The highest BCUT2D eigenvalue weighted by Crippen LogP contribution is 2.28. The maximum absolute atomic E-state index is 4.12. The lowest BCUT2D eigenvalue weighted by molar-refractivity contribution is 0.839. The minimum Gasteiger partial charge on any atom is -0.278 e. The van der Waals surface area contributed by atoms with Crippen LogP contribution in [0, 0.1) is 0 Å². The zero-order valence-electron chi connectivity index (χ0n) is 9.83. The van der Waals surface area contributed by atoms with Crippen molar-refractivity contribution in [3.05, 3.63) is 29.5 Å². The molecule has 0 aliphatic heterocycles. The number of hydrogen-bond donors (Lipinski definition) is 1. The standard InChI is InChI=1S/C13H18N2/c1-8(2)10-5-11-7-14-15-13(11)12(6-10)9(3)4/h5-9H,1-4H3,(H,14,15). The van der Waals surface area contributed by atoms with E-state index in [1.165, 1.54) is 22.0 Å². The van der Waals surface area contributed by atoms with Gasteiger partial charge >= 0.3 is 0 Å². The van der Waals surface area contributed by atoms with Gasteiger partial charge in [0.15, 0.2) is 0 Å². The van der Waals surface area contributed by atoms with Crippen LogP contribution in [0.5, 0.6) is 0 Å². The van der Waals surface area contributed by atoms with Gasteiger partial charge in [-0.2, -0.15) is 5.10 Å². The number of fused-ring (bicyclic) bond motifs is 1. The summed E-state index contributed by atoms with van der Waals surface area (Å²) >= 11 is 0. The average Bonchev–Trinajstić information content (AvgIpc) is 2.62. The second-order valence-corrected chi connectivity index (χ2v) is 4.75. The quantitative estimate of drug-likeness (QED) is 0.788. The molecule has 0 aliphatic carbocycles. The van der Waals surface area contributed by atoms with Gasteiger partial charge in [0.25, 0.3) is 0 Å². The lowest BCUT2D eigenvalue weighted by Crippen LogP contribution is -1.94. The number of aromatic nitrogens is 2. The summed E-state index contributed by atoms with van der Waals surface area (Å²) in [6.07, 6.45) is 1.91. The number of nitrogens with zero attached hydrogens (tertiary/aromatic N) is 1. The topological polar surface area (TPSA) is 28.7 Å². The molecule has 0 atom stereocenters. The first-order valence-electron chi connectivity index (χ1n) is 5.56. The Balaban J connectivity index is 2.69. The highest BCUT2D eigenvalue weighted by atomic mass is 15.1. The third kappa shape index (κ3) is 1.76. The van der Waals surface area contributed by atoms with E-state index in [1.54, 1.807) is 0 Å². The molecular weight excluding hydrogens is 184 g/mol. The molecule has 2 nitrogen and oxygen atoms in total. The molecular formula is C13H18N2. The van der Waals surface area contributed by atoms with E-state index in [1.807, 2.05) is 6.20 Å². The zero-order valence-corrected chi connectivity index (χ0v) is 9.83. The molecule has 1 N–H and O–H groups in total. The Hall–Kier alpha value is -1.31. The van der Waals surface area contributed by atoms with Crippen molar-refractivity contribution in [3.8, 4) is 0 Å². The summed E-state index contributed by atoms with van der Waals surface area (Å²) in [5.41, 5.74) is 3.95. The van der Waals surface area contributed by atoms with E-state index < -0.39 is 0 Å². The maximum atomic E-state index is 4.12. The number of rotatable bonds is 2. The molecule has 0 saturated carbocycles. The fourth-order valence-corrected chi connectivity index (χ4v) is 1.90. The number of nitrogens with one attached hydrogen (secondary N) is 1. The van der Waals surface area contributed by atoms with E-state index in [0.29, 0.717) is 11.8 Å². The molecule has 0 aliphatic rings. The van der Waals surface area contributed by atoms with Gasteiger partial charge in [-0.25, -0.2) is 0 Å². The van der Waals surface area contributed by atoms with Gasteiger partial charge in [-0.1, -0.05) is 33.8 Å². The Morgan fingerprint density at radius 3 is 2.40 bits per heavy atom. The Labute approximate surface area is 90.7 Å². The van der Waals surface area contributed by atoms with Gasteiger partial charge in [0.2, 0.25) is 0 Å². The van der Waals surface area contributed by atoms with Crippen molar-refractivity contribution in [2.45, 2.75) is 39.5 Å². The van der Waals surface area contributed by atoms with Crippen LogP contribution in [-0.2, 0) is 0 Å². The zero-order chi connectivity index (χ0) is 11.0. The number of H-pyrrole nitrogens is 1. The molecule has 1 heterocycles. The molecule has 0 fully saturated rings. The molecule has 2 rings (SSSR count). The van der Waals surface area contributed by atoms with E-state index in [0.717, 1.165) is 0 Å². The molecule has 80 valence electrons. The molecule has 0 saturated heterocycles. The number of aromatic amines is 1. The van der Waals surface area contributed by atoms with Crippen LogP contribution in [0.2, 0.25) is 0 Å². The van der Waals surface area contributed by atoms with Gasteiger partial charge in [0.05, 0.1) is 11.7 Å². The molecule has 1 aromatic carbocycles. The van der Waals surface area contributed by atoms with E-state index in [4.69, 9.17) is 0 Å². The molecule has 1 aromatic heterocycles. The second-order valence-electron chi connectivity index (χ2n) is 4.75. The summed E-state index contributed by atoms with van der Waals surface area (Å²) in [5.74, 6) is 1.11. The van der Waals surface area contributed by atoms with Crippen molar-refractivity contribution in [1.29, 1.82) is 0 Å². The van der Waals surface area contributed by atoms with Gasteiger partial charge < -0.3 is 0 Å². The third-order valence-corrected chi connectivity index (χ3v) is 2.89. The monoisotopic (exact) mass is 202 g/mol. The van der Waals surface area contributed by atoms with Crippen molar-refractivity contribution in [2.24, 2.45) is 0 Å². The number of hydrogen-bond acceptors (Lipinski definition) is 1. The van der Waals surface area contributed by atoms with Gasteiger partial charge in [0.1, 0.15) is 0 Å². The van der Waals surface area contributed by atoms with E-state index >= 15 is 0 Å². The molecule has 0 spiro atoms. The van der Waals surface area contributed by atoms with E-state index in [2.05, 4.69) is 50.0 Å². The highest BCUT2D eigenvalue weighted by molar-refractivity contribution is 5.82. The molecule has 0 bridgehead atoms. The van der Waals surface area contributed by atoms with Crippen LogP contribution < -0.4 is 0 Å². The van der Waals surface area contributed by atoms with Crippen LogP contribution in [0.25, 0.3) is 10.9 Å². The Bertz CT molecular complexity index is 466. The van der Waals surface area contributed by atoms with Gasteiger partial charge in [-0.3, -0.25) is 5.10 Å². The smallest absolute Gasteiger partial charge is 0.0685 e. The highest BCUT2D eigenvalue weighted by Gasteiger charge is 2.10. The van der Waals surface area contributed by atoms with E-state index in [9.17, 15) is 0 Å². The lowest BCUT2D eigenvalue weighted by Gasteiger charge is -2.12. The van der Waals surface area contributed by atoms with E-state index in [-0.39, 0.29) is 0 Å². The van der Waals surface area contributed by atoms with Gasteiger partial charge in [-0.05, 0) is 29.0 Å². The molecule has 15 heavy (non-hydrogen) atoms. The van der Waals surface area contributed by atoms with Crippen LogP contribution in [0.1, 0.15) is 50.7 Å². The van der Waals surface area contributed by atoms with Crippen LogP contribution in [0.3, 0.4) is 0 Å². The van der Waals surface area contributed by atoms with Crippen molar-refractivity contribution in [3.63, 3.8) is 0 Å². The molecule has 0 amide bonds. The van der Waals surface area contributed by atoms with Gasteiger partial charge in [0, 0.05) is 5.39 Å². The van der Waals surface area contributed by atoms with Crippen LogP contribution >= 0.6 is 0 Å². The summed E-state index contributed by atoms with van der Waals surface area (Å²) in [6.45, 7) is 8.90. The minimum absolute atomic E-state index is 0.534. The summed E-state index contributed by atoms with van der Waals surface area (Å²) < 4.78 is 0. The van der Waals surface area contributed by atoms with Crippen molar-refractivity contribution < 1.29 is 0 Å². The minimum atomic E-state index is 0.534. The first kappa shape index (κ1) is 10.2.